The number of anilines is 3. The largest absolute Gasteiger partial charge is 0.310 e. The third-order valence-electron chi connectivity index (χ3n) is 27.5. The number of hydrogen-bond donors (Lipinski definition) is 0. The molecule has 0 saturated heterocycles. The number of sulfone groups is 4. The second-order valence-electron chi connectivity index (χ2n) is 36.3. The third kappa shape index (κ3) is 16.2. The second-order valence-corrected chi connectivity index (χ2v) is 43.8. The minimum absolute atomic E-state index is 0.0392. The van der Waals surface area contributed by atoms with Crippen LogP contribution in [-0.4, -0.2) is 62.6 Å². The minimum Gasteiger partial charge on any atom is -0.310 e. The van der Waals surface area contributed by atoms with E-state index in [1.165, 1.54) is 49.7 Å². The highest BCUT2D eigenvalue weighted by Crippen LogP contribution is 2.58. The van der Waals surface area contributed by atoms with Gasteiger partial charge in [-0.05, 0) is 233 Å². The zero-order valence-corrected chi connectivity index (χ0v) is 81.7. The molecule has 700 valence electrons. The highest BCUT2D eigenvalue weighted by molar-refractivity contribution is 7.92. The maximum atomic E-state index is 13.4. The van der Waals surface area contributed by atoms with Crippen molar-refractivity contribution in [3.05, 3.63) is 537 Å². The van der Waals surface area contributed by atoms with Crippen LogP contribution >= 0.6 is 0 Å². The lowest BCUT2D eigenvalue weighted by molar-refractivity contribution is 0.591. The summed E-state index contributed by atoms with van der Waals surface area (Å²) in [7, 11) is -14.9. The lowest BCUT2D eigenvalue weighted by atomic mass is 9.67. The Kier molecular flexibility index (Phi) is 23.4. The van der Waals surface area contributed by atoms with E-state index in [9.17, 15) is 33.7 Å². The van der Waals surface area contributed by atoms with Gasteiger partial charge < -0.3 is 13.9 Å². The zero-order chi connectivity index (χ0) is 98.8. The van der Waals surface area contributed by atoms with Crippen molar-refractivity contribution in [3.63, 3.8) is 0 Å². The lowest BCUT2D eigenvalue weighted by Crippen LogP contribution is -2.30. The van der Waals surface area contributed by atoms with Crippen molar-refractivity contribution in [2.45, 2.75) is 64.4 Å². The predicted molar refractivity (Wildman–Crippen MR) is 579 cm³/mol. The van der Waals surface area contributed by atoms with Crippen LogP contribution in [0, 0.1) is 0 Å². The van der Waals surface area contributed by atoms with Gasteiger partial charge in [-0.15, -0.1) is 0 Å². The predicted octanol–water partition coefficient (Wildman–Crippen LogP) is 29.0. The van der Waals surface area contributed by atoms with E-state index >= 15 is 0 Å². The highest BCUT2D eigenvalue weighted by atomic mass is 32.2. The smallest absolute Gasteiger partial charge is 0.223 e. The number of hydrogen-bond acceptors (Lipinski definition) is 13. The summed E-state index contributed by atoms with van der Waals surface area (Å²) in [6, 6.07) is 162. The molecule has 0 amide bonds. The fraction of sp³-hybridized carbons (Fsp3) is 0.0317. The van der Waals surface area contributed by atoms with Gasteiger partial charge in [0.15, 0.2) is 20.1 Å². The normalized spacial score (nSPS) is 12.9. The standard InChI is InChI=1S/C36H25NO2S.C32H26N2O2S.C29H18N2O2S.C29H20N2O2S/c38-40(39,29-17-8-3-9-18-29)35-22-12-21-34(37-35)26-23-24-31-30-19-10-11-20-32(30)36(33(31)25-26,27-13-4-1-5-14-27)28-15-6-2-7-16-28;1-32(2)26-16-9-10-18-29(26)34(24-12-5-3-6-13-24)30-21-20-23(22-27(30)32)28-17-11-19-31(33-28)37(35,36)25-14-7-4-8-15-25;32-34(33,20-9-2-1-3-10-20)28-16-8-13-25(30-28)19-17-23-21-11-4-6-14-26(21)31-27-15-7-5-12-22(27)24(18-19)29(23)31;32-34(33,23-12-5-2-6-13-23)29-17-9-15-26(30-29)21-18-19-28-25(20-21)24-14-7-8-16-27(24)31(28)22-10-3-1-4-11-22/h1-25H;3-22H,1-2H3;1-18H;1-20H. The van der Waals surface area contributed by atoms with Gasteiger partial charge in [-0.1, -0.05) is 329 Å². The maximum absolute atomic E-state index is 13.4. The summed E-state index contributed by atoms with van der Waals surface area (Å²) < 4.78 is 110. The molecule has 0 saturated carbocycles. The van der Waals surface area contributed by atoms with Crippen molar-refractivity contribution in [1.29, 1.82) is 0 Å². The van der Waals surface area contributed by atoms with Gasteiger partial charge in [-0.25, -0.2) is 53.6 Å². The number of rotatable bonds is 16. The Morgan fingerprint density at radius 2 is 0.538 bits per heavy atom. The van der Waals surface area contributed by atoms with Crippen LogP contribution in [0.25, 0.3) is 122 Å². The van der Waals surface area contributed by atoms with Crippen LogP contribution in [0.3, 0.4) is 0 Å². The van der Waals surface area contributed by atoms with E-state index in [-0.39, 0.29) is 45.1 Å². The Labute approximate surface area is 840 Å². The van der Waals surface area contributed by atoms with Crippen molar-refractivity contribution < 1.29 is 33.7 Å². The molecule has 24 aromatic rings. The van der Waals surface area contributed by atoms with Gasteiger partial charge in [0.2, 0.25) is 39.3 Å². The number of fused-ring (bicyclic) bond motifs is 14. The molecule has 0 N–H and O–H groups in total. The minimum atomic E-state index is -3.74. The topological polar surface area (TPSA) is 201 Å². The Morgan fingerprint density at radius 3 is 0.993 bits per heavy atom. The monoisotopic (exact) mass is 1960 g/mol. The van der Waals surface area contributed by atoms with Crippen LogP contribution < -0.4 is 4.90 Å². The molecule has 0 fully saturated rings. The van der Waals surface area contributed by atoms with Crippen LogP contribution in [-0.2, 0) is 50.2 Å². The average Bonchev–Trinajstić information content (AvgIpc) is 1.99. The summed E-state index contributed by atoms with van der Waals surface area (Å²) in [6.45, 7) is 4.47. The summed E-state index contributed by atoms with van der Waals surface area (Å²) in [5.41, 5.74) is 24.9. The van der Waals surface area contributed by atoms with E-state index in [1.54, 1.807) is 170 Å². The summed E-state index contributed by atoms with van der Waals surface area (Å²) >= 11 is 0. The van der Waals surface area contributed by atoms with E-state index < -0.39 is 44.8 Å². The van der Waals surface area contributed by atoms with Crippen LogP contribution in [0.4, 0.5) is 17.1 Å². The first kappa shape index (κ1) is 91.3. The molecule has 15 nitrogen and oxygen atoms in total. The molecule has 0 unspecified atom stereocenters. The number of pyridine rings is 4. The number of aromatic nitrogens is 6. The molecule has 0 atom stereocenters. The summed E-state index contributed by atoms with van der Waals surface area (Å²) in [5.74, 6) is 0. The Morgan fingerprint density at radius 1 is 0.221 bits per heavy atom. The molecule has 19 heteroatoms. The SMILES string of the molecule is CC1(C)c2ccccc2N(c2ccccc2)c2ccc(-c3cccc(S(=O)(=O)c4ccccc4)n3)cc21.O=S(=O)(c1ccccc1)c1cccc(-c2cc3c4ccccc4n4c5ccccc5c(c2)c34)n1.O=S(=O)(c1ccccc1)c1cccc(-c2ccc3c(c2)C(c2ccccc2)(c2ccccc2)c2ccccc2-3)n1.O=S(=O)(c1ccccc1)c1cccc(-c2ccc3c(c2)c2ccccc2n3-c2ccccc2)n1. The van der Waals surface area contributed by atoms with Crippen molar-refractivity contribution in [1.82, 2.24) is 28.9 Å². The molecule has 0 radical (unpaired) electrons. The van der Waals surface area contributed by atoms with E-state index in [0.717, 1.165) is 99.7 Å². The zero-order valence-electron chi connectivity index (χ0n) is 78.4. The number of benzene rings is 17. The number of para-hydroxylation sites is 6. The first-order valence-corrected chi connectivity index (χ1v) is 53.5. The van der Waals surface area contributed by atoms with Gasteiger partial charge >= 0.3 is 0 Å². The summed E-state index contributed by atoms with van der Waals surface area (Å²) in [5, 5.41) is 7.02. The van der Waals surface area contributed by atoms with Gasteiger partial charge in [0.25, 0.3) is 0 Å². The number of nitrogens with zero attached hydrogens (tertiary/aromatic N) is 7. The molecule has 7 aromatic heterocycles. The summed E-state index contributed by atoms with van der Waals surface area (Å²) in [6.07, 6.45) is 0. The molecule has 8 heterocycles. The van der Waals surface area contributed by atoms with Crippen molar-refractivity contribution >= 4 is 116 Å². The molecule has 0 spiro atoms. The van der Waals surface area contributed by atoms with Crippen LogP contribution in [0.15, 0.2) is 543 Å². The third-order valence-corrected chi connectivity index (χ3v) is 34.2. The molecule has 1 aliphatic heterocycles. The van der Waals surface area contributed by atoms with Gasteiger partial charge in [0.1, 0.15) is 0 Å². The Balaban J connectivity index is 0.000000107. The first-order valence-electron chi connectivity index (χ1n) is 47.5. The van der Waals surface area contributed by atoms with Crippen molar-refractivity contribution in [3.8, 4) is 61.8 Å². The molecule has 17 aromatic carbocycles. The lowest BCUT2D eigenvalue weighted by Gasteiger charge is -2.42. The van der Waals surface area contributed by atoms with E-state index in [2.05, 4.69) is 278 Å². The van der Waals surface area contributed by atoms with E-state index in [1.807, 2.05) is 103 Å². The fourth-order valence-electron chi connectivity index (χ4n) is 20.7. The Bertz CT molecular complexity index is 9490. The van der Waals surface area contributed by atoms with Gasteiger partial charge in [0, 0.05) is 71.4 Å². The highest BCUT2D eigenvalue weighted by Gasteiger charge is 2.47. The van der Waals surface area contributed by atoms with Gasteiger partial charge in [0.05, 0.1) is 86.7 Å². The van der Waals surface area contributed by atoms with Crippen LogP contribution in [0.1, 0.15) is 47.2 Å². The van der Waals surface area contributed by atoms with E-state index in [4.69, 9.17) is 0 Å². The average molecular weight is 1960 g/mol. The fourth-order valence-corrected chi connectivity index (χ4v) is 25.6. The molecule has 145 heavy (non-hydrogen) atoms. The summed E-state index contributed by atoms with van der Waals surface area (Å²) in [4.78, 5) is 21.7. The van der Waals surface area contributed by atoms with Gasteiger partial charge in [-0.2, -0.15) is 0 Å². The van der Waals surface area contributed by atoms with E-state index in [0.29, 0.717) is 22.8 Å². The van der Waals surface area contributed by atoms with Gasteiger partial charge in [-0.3, -0.25) is 0 Å². The second kappa shape index (κ2) is 37.2. The molecule has 26 rings (SSSR count). The molecule has 2 aliphatic rings. The maximum Gasteiger partial charge on any atom is 0.223 e. The van der Waals surface area contributed by atoms with Crippen LogP contribution in [0.2, 0.25) is 0 Å². The molecular weight excluding hydrogens is 1870 g/mol. The first-order chi connectivity index (χ1) is 70.7. The molecule has 0 bridgehead atoms. The van der Waals surface area contributed by atoms with Crippen molar-refractivity contribution in [2.24, 2.45) is 0 Å². The molecule has 1 aliphatic carbocycles. The molecular formula is C126H89N7O8S4. The quantitative estimate of drug-likeness (QED) is 0.0885. The van der Waals surface area contributed by atoms with Crippen molar-refractivity contribution in [2.75, 3.05) is 4.90 Å². The van der Waals surface area contributed by atoms with Crippen LogP contribution in [0.5, 0.6) is 0 Å². The Hall–Kier alpha value is -17.5.